The lowest BCUT2D eigenvalue weighted by Gasteiger charge is -2.14. The van der Waals surface area contributed by atoms with Crippen molar-refractivity contribution in [3.05, 3.63) is 0 Å². The molecule has 0 saturated carbocycles. The van der Waals surface area contributed by atoms with Gasteiger partial charge in [0.25, 0.3) is 0 Å². The van der Waals surface area contributed by atoms with E-state index in [9.17, 15) is 9.59 Å². The second-order valence-corrected chi connectivity index (χ2v) is 3.42. The van der Waals surface area contributed by atoms with Gasteiger partial charge in [-0.15, -0.1) is 0 Å². The van der Waals surface area contributed by atoms with Crippen LogP contribution in [0.25, 0.3) is 0 Å². The maximum atomic E-state index is 11.2. The van der Waals surface area contributed by atoms with Gasteiger partial charge >= 0.3 is 6.03 Å². The molecular weight excluding hydrogens is 170 g/mol. The summed E-state index contributed by atoms with van der Waals surface area (Å²) in [6.45, 7) is 4.21. The highest BCUT2D eigenvalue weighted by atomic mass is 16.2. The van der Waals surface area contributed by atoms with Crippen LogP contribution in [-0.4, -0.2) is 18.5 Å². The molecule has 0 aromatic rings. The molecule has 0 bridgehead atoms. The van der Waals surface area contributed by atoms with Crippen molar-refractivity contribution in [2.45, 2.75) is 20.3 Å². The van der Waals surface area contributed by atoms with Crippen LogP contribution in [0, 0.1) is 11.8 Å². The average Bonchev–Trinajstić information content (AvgIpc) is 1.98. The molecule has 0 aromatic carbocycles. The summed E-state index contributed by atoms with van der Waals surface area (Å²) in [6, 6.07) is -0.827. The third-order valence-corrected chi connectivity index (χ3v) is 1.66. The number of nitrogens with one attached hydrogen (secondary N) is 1. The Bertz CT molecular complexity index is 192. The van der Waals surface area contributed by atoms with Crippen LogP contribution < -0.4 is 16.8 Å². The molecule has 0 aliphatic rings. The van der Waals surface area contributed by atoms with Crippen LogP contribution in [0.5, 0.6) is 0 Å². The molecule has 5 heteroatoms. The standard InChI is InChI=1S/C8H17N3O2/c1-5(2)3-6(4-9)7(12)11-8(10)13/h5-6H,3-4,9H2,1-2H3,(H3,10,11,12,13). The minimum Gasteiger partial charge on any atom is -0.351 e. The van der Waals surface area contributed by atoms with Crippen molar-refractivity contribution in [3.63, 3.8) is 0 Å². The van der Waals surface area contributed by atoms with Crippen molar-refractivity contribution in [3.8, 4) is 0 Å². The number of imide groups is 1. The van der Waals surface area contributed by atoms with E-state index in [1.54, 1.807) is 0 Å². The first-order valence-corrected chi connectivity index (χ1v) is 4.27. The summed E-state index contributed by atoms with van der Waals surface area (Å²) in [4.78, 5) is 21.6. The third kappa shape index (κ3) is 5.19. The molecule has 5 N–H and O–H groups in total. The number of hydrogen-bond donors (Lipinski definition) is 3. The van der Waals surface area contributed by atoms with Crippen molar-refractivity contribution < 1.29 is 9.59 Å². The number of primary amides is 1. The molecule has 0 spiro atoms. The Hall–Kier alpha value is -1.10. The second-order valence-electron chi connectivity index (χ2n) is 3.42. The predicted molar refractivity (Wildman–Crippen MR) is 49.7 cm³/mol. The zero-order valence-electron chi connectivity index (χ0n) is 8.04. The lowest BCUT2D eigenvalue weighted by molar-refractivity contribution is -0.124. The fraction of sp³-hybridized carbons (Fsp3) is 0.750. The van der Waals surface area contributed by atoms with E-state index in [1.165, 1.54) is 0 Å². The number of carbonyl (C=O) groups is 2. The van der Waals surface area contributed by atoms with E-state index in [-0.39, 0.29) is 18.4 Å². The molecular formula is C8H17N3O2. The molecule has 0 fully saturated rings. The van der Waals surface area contributed by atoms with Gasteiger partial charge in [-0.05, 0) is 12.3 Å². The Morgan fingerprint density at radius 2 is 1.92 bits per heavy atom. The van der Waals surface area contributed by atoms with Crippen LogP contribution in [0.4, 0.5) is 4.79 Å². The fourth-order valence-corrected chi connectivity index (χ4v) is 1.10. The van der Waals surface area contributed by atoms with Gasteiger partial charge in [-0.3, -0.25) is 10.1 Å². The number of rotatable bonds is 4. The van der Waals surface area contributed by atoms with Crippen molar-refractivity contribution in [1.82, 2.24) is 5.32 Å². The first kappa shape index (κ1) is 11.9. The van der Waals surface area contributed by atoms with E-state index in [0.29, 0.717) is 12.3 Å². The second kappa shape index (κ2) is 5.53. The molecule has 0 heterocycles. The van der Waals surface area contributed by atoms with E-state index in [4.69, 9.17) is 11.5 Å². The van der Waals surface area contributed by atoms with Gasteiger partial charge in [-0.25, -0.2) is 4.79 Å². The number of urea groups is 1. The highest BCUT2D eigenvalue weighted by molar-refractivity contribution is 5.94. The molecule has 1 unspecified atom stereocenters. The first-order chi connectivity index (χ1) is 5.97. The number of amides is 3. The predicted octanol–water partition coefficient (Wildman–Crippen LogP) is -0.198. The normalized spacial score (nSPS) is 12.6. The van der Waals surface area contributed by atoms with Crippen LogP contribution in [0.15, 0.2) is 0 Å². The fourth-order valence-electron chi connectivity index (χ4n) is 1.10. The van der Waals surface area contributed by atoms with Crippen molar-refractivity contribution in [2.24, 2.45) is 23.3 Å². The maximum Gasteiger partial charge on any atom is 0.318 e. The van der Waals surface area contributed by atoms with Crippen LogP contribution in [0.1, 0.15) is 20.3 Å². The van der Waals surface area contributed by atoms with E-state index < -0.39 is 6.03 Å². The largest absolute Gasteiger partial charge is 0.351 e. The smallest absolute Gasteiger partial charge is 0.318 e. The number of hydrogen-bond acceptors (Lipinski definition) is 3. The quantitative estimate of drug-likeness (QED) is 0.568. The number of nitrogens with two attached hydrogens (primary N) is 2. The molecule has 0 aliphatic carbocycles. The lowest BCUT2D eigenvalue weighted by Crippen LogP contribution is -2.41. The zero-order chi connectivity index (χ0) is 10.4. The highest BCUT2D eigenvalue weighted by Gasteiger charge is 2.18. The van der Waals surface area contributed by atoms with E-state index >= 15 is 0 Å². The van der Waals surface area contributed by atoms with Crippen LogP contribution >= 0.6 is 0 Å². The monoisotopic (exact) mass is 187 g/mol. The minimum atomic E-state index is -0.827. The van der Waals surface area contributed by atoms with E-state index in [1.807, 2.05) is 19.2 Å². The van der Waals surface area contributed by atoms with Gasteiger partial charge in [0.05, 0.1) is 5.92 Å². The Kier molecular flexibility index (Phi) is 5.06. The van der Waals surface area contributed by atoms with E-state index in [2.05, 4.69) is 0 Å². The summed E-state index contributed by atoms with van der Waals surface area (Å²) in [6.07, 6.45) is 0.662. The Balaban J connectivity index is 4.07. The van der Waals surface area contributed by atoms with Gasteiger partial charge < -0.3 is 11.5 Å². The van der Waals surface area contributed by atoms with Gasteiger partial charge in [0.1, 0.15) is 0 Å². The SMILES string of the molecule is CC(C)CC(CN)C(=O)NC(N)=O. The highest BCUT2D eigenvalue weighted by Crippen LogP contribution is 2.10. The molecule has 0 aliphatic heterocycles. The van der Waals surface area contributed by atoms with Crippen LogP contribution in [-0.2, 0) is 4.79 Å². The molecule has 5 nitrogen and oxygen atoms in total. The summed E-state index contributed by atoms with van der Waals surface area (Å²) in [5.74, 6) is -0.344. The van der Waals surface area contributed by atoms with Gasteiger partial charge in [0.2, 0.25) is 5.91 Å². The van der Waals surface area contributed by atoms with Crippen molar-refractivity contribution >= 4 is 11.9 Å². The molecule has 13 heavy (non-hydrogen) atoms. The van der Waals surface area contributed by atoms with E-state index in [0.717, 1.165) is 0 Å². The molecule has 3 amide bonds. The van der Waals surface area contributed by atoms with Gasteiger partial charge in [-0.1, -0.05) is 13.8 Å². The number of carbonyl (C=O) groups excluding carboxylic acids is 2. The van der Waals surface area contributed by atoms with Gasteiger partial charge in [0, 0.05) is 6.54 Å². The van der Waals surface area contributed by atoms with Gasteiger partial charge in [-0.2, -0.15) is 0 Å². The minimum absolute atomic E-state index is 0.233. The molecule has 0 rings (SSSR count). The average molecular weight is 187 g/mol. The van der Waals surface area contributed by atoms with Crippen LogP contribution in [0.3, 0.4) is 0 Å². The lowest BCUT2D eigenvalue weighted by atomic mass is 9.96. The molecule has 0 radical (unpaired) electrons. The Morgan fingerprint density at radius 3 is 2.23 bits per heavy atom. The zero-order valence-corrected chi connectivity index (χ0v) is 8.04. The van der Waals surface area contributed by atoms with Crippen molar-refractivity contribution in [2.75, 3.05) is 6.54 Å². The Morgan fingerprint density at radius 1 is 1.38 bits per heavy atom. The summed E-state index contributed by atoms with van der Waals surface area (Å²) in [5.41, 5.74) is 10.2. The molecule has 0 aromatic heterocycles. The summed E-state index contributed by atoms with van der Waals surface area (Å²) in [5, 5.41) is 2.02. The van der Waals surface area contributed by atoms with Crippen molar-refractivity contribution in [1.29, 1.82) is 0 Å². The topological polar surface area (TPSA) is 98.2 Å². The van der Waals surface area contributed by atoms with Crippen LogP contribution in [0.2, 0.25) is 0 Å². The summed E-state index contributed by atoms with van der Waals surface area (Å²) in [7, 11) is 0. The van der Waals surface area contributed by atoms with Gasteiger partial charge in [0.15, 0.2) is 0 Å². The molecule has 76 valence electrons. The summed E-state index contributed by atoms with van der Waals surface area (Å²) < 4.78 is 0. The maximum absolute atomic E-state index is 11.2. The molecule has 1 atom stereocenters. The third-order valence-electron chi connectivity index (χ3n) is 1.66. The molecule has 0 saturated heterocycles. The summed E-state index contributed by atoms with van der Waals surface area (Å²) >= 11 is 0. The first-order valence-electron chi connectivity index (χ1n) is 4.27. The Labute approximate surface area is 77.8 Å².